The first-order valence-corrected chi connectivity index (χ1v) is 22.5. The number of nitrogens with zero attached hydrogens (tertiary/aromatic N) is 3. The van der Waals surface area contributed by atoms with Crippen LogP contribution in [0.3, 0.4) is 0 Å². The maximum absolute atomic E-state index is 14.7. The number of ether oxygens (including phenoxy) is 4. The molecule has 3 saturated carbocycles. The summed E-state index contributed by atoms with van der Waals surface area (Å²) < 4.78 is 51.6. The summed E-state index contributed by atoms with van der Waals surface area (Å²) in [4.78, 5) is 68.4. The van der Waals surface area contributed by atoms with Crippen LogP contribution in [0.5, 0.6) is 5.88 Å². The lowest BCUT2D eigenvalue weighted by molar-refractivity contribution is -0.141. The normalized spacial score (nSPS) is 31.9. The minimum absolute atomic E-state index is 0.0244. The molecule has 2 saturated heterocycles. The third-order valence-corrected chi connectivity index (χ3v) is 14.6. The van der Waals surface area contributed by atoms with Crippen molar-refractivity contribution in [1.29, 1.82) is 0 Å². The van der Waals surface area contributed by atoms with Crippen molar-refractivity contribution < 1.29 is 46.5 Å². The van der Waals surface area contributed by atoms with Crippen molar-refractivity contribution in [2.75, 3.05) is 13.3 Å². The minimum atomic E-state index is -3.91. The monoisotopic (exact) mass is 834 g/mol. The van der Waals surface area contributed by atoms with Crippen LogP contribution in [-0.2, 0) is 38.6 Å². The lowest BCUT2D eigenvalue weighted by Crippen LogP contribution is -2.58. The Morgan fingerprint density at radius 2 is 1.72 bits per heavy atom. The molecule has 2 unspecified atom stereocenters. The van der Waals surface area contributed by atoms with Crippen LogP contribution in [0.15, 0.2) is 53.9 Å². The molecule has 3 aliphatic heterocycles. The van der Waals surface area contributed by atoms with Crippen LogP contribution in [-0.4, -0.2) is 108 Å². The van der Waals surface area contributed by atoms with Gasteiger partial charge in [0.1, 0.15) is 42.3 Å². The molecule has 18 heteroatoms. The summed E-state index contributed by atoms with van der Waals surface area (Å²) in [5, 5.41) is 6.99. The van der Waals surface area contributed by atoms with E-state index in [-0.39, 0.29) is 44.3 Å². The number of para-hydroxylation sites is 2. The van der Waals surface area contributed by atoms with Crippen molar-refractivity contribution in [1.82, 2.24) is 30.2 Å². The van der Waals surface area contributed by atoms with Gasteiger partial charge in [-0.15, -0.1) is 11.3 Å². The smallest absolute Gasteiger partial charge is 0.408 e. The maximum Gasteiger partial charge on any atom is 0.408 e. The first-order chi connectivity index (χ1) is 28.1. The zero-order valence-electron chi connectivity index (χ0n) is 31.7. The second-order valence-electron chi connectivity index (χ2n) is 16.1. The fourth-order valence-corrected chi connectivity index (χ4v) is 10.6. The highest BCUT2D eigenvalue weighted by atomic mass is 32.2. The molecule has 1 aromatic carbocycles. The van der Waals surface area contributed by atoms with Crippen LogP contribution in [0.4, 0.5) is 4.79 Å². The van der Waals surface area contributed by atoms with Gasteiger partial charge in [0, 0.05) is 25.2 Å². The predicted molar refractivity (Wildman–Crippen MR) is 210 cm³/mol. The van der Waals surface area contributed by atoms with E-state index >= 15 is 0 Å². The molecule has 3 N–H and O–H groups in total. The Morgan fingerprint density at radius 3 is 2.47 bits per heavy atom. The zero-order valence-corrected chi connectivity index (χ0v) is 33.4. The fourth-order valence-electron chi connectivity index (χ4n) is 8.55. The van der Waals surface area contributed by atoms with E-state index in [0.29, 0.717) is 61.7 Å². The molecule has 16 nitrogen and oxygen atoms in total. The van der Waals surface area contributed by atoms with Crippen molar-refractivity contribution in [3.05, 3.63) is 53.9 Å². The Kier molecular flexibility index (Phi) is 10.6. The molecule has 7 atom stereocenters. The SMILES string of the molecule is O=C(N[C@H]1CCCCC/C=C\[C@@H]2C[C@@]2(C(=O)NS(=O)(=O)C2CC2)NC(=O)[C@@H]2C[C@@H](Oc3nc4ccccc4nc3-c3cccs3)CN2C1=O)OC1CC2OCOC2C1. The van der Waals surface area contributed by atoms with Gasteiger partial charge >= 0.3 is 6.09 Å². The number of hydrogen-bond acceptors (Lipinski definition) is 13. The summed E-state index contributed by atoms with van der Waals surface area (Å²) in [6.45, 7) is 0.173. The van der Waals surface area contributed by atoms with Crippen LogP contribution in [0.2, 0.25) is 0 Å². The number of sulfonamides is 1. The highest BCUT2D eigenvalue weighted by molar-refractivity contribution is 7.91. The fraction of sp³-hybridized carbons (Fsp3) is 0.550. The topological polar surface area (TPSA) is 204 Å². The van der Waals surface area contributed by atoms with Gasteiger partial charge in [0.05, 0.1) is 39.9 Å². The van der Waals surface area contributed by atoms with Crippen molar-refractivity contribution in [3.63, 3.8) is 0 Å². The number of thiophene rings is 1. The lowest BCUT2D eigenvalue weighted by Gasteiger charge is -2.30. The van der Waals surface area contributed by atoms with E-state index in [1.54, 1.807) is 0 Å². The van der Waals surface area contributed by atoms with Gasteiger partial charge in [-0.05, 0) is 62.1 Å². The van der Waals surface area contributed by atoms with Crippen molar-refractivity contribution in [3.8, 4) is 16.5 Å². The van der Waals surface area contributed by atoms with E-state index < -0.39 is 74.8 Å². The van der Waals surface area contributed by atoms with Gasteiger partial charge in [0.15, 0.2) is 0 Å². The summed E-state index contributed by atoms with van der Waals surface area (Å²) in [7, 11) is -3.91. The Morgan fingerprint density at radius 1 is 0.948 bits per heavy atom. The average molecular weight is 835 g/mol. The predicted octanol–water partition coefficient (Wildman–Crippen LogP) is 3.71. The van der Waals surface area contributed by atoms with Crippen molar-refractivity contribution >= 4 is 56.2 Å². The Balaban J connectivity index is 1.01. The molecule has 3 aliphatic carbocycles. The highest BCUT2D eigenvalue weighted by Gasteiger charge is 2.62. The van der Waals surface area contributed by atoms with Crippen LogP contribution in [0.25, 0.3) is 21.6 Å². The molecule has 0 spiro atoms. The molecular weight excluding hydrogens is 789 g/mol. The number of rotatable bonds is 8. The number of amides is 4. The zero-order chi connectivity index (χ0) is 40.0. The molecule has 308 valence electrons. The van der Waals surface area contributed by atoms with E-state index in [4.69, 9.17) is 28.9 Å². The van der Waals surface area contributed by atoms with Crippen LogP contribution >= 0.6 is 11.3 Å². The molecular formula is C40H46N6O10S2. The van der Waals surface area contributed by atoms with Gasteiger partial charge in [-0.2, -0.15) is 0 Å². The number of nitrogens with one attached hydrogen (secondary N) is 3. The number of carbonyl (C=O) groups is 4. The Labute approximate surface area is 339 Å². The molecule has 4 amide bonds. The second-order valence-corrected chi connectivity index (χ2v) is 19.0. The van der Waals surface area contributed by atoms with Gasteiger partial charge in [-0.1, -0.05) is 43.2 Å². The van der Waals surface area contributed by atoms with Gasteiger partial charge in [-0.3, -0.25) is 19.1 Å². The van der Waals surface area contributed by atoms with Gasteiger partial charge < -0.3 is 34.5 Å². The van der Waals surface area contributed by atoms with E-state index in [1.807, 2.05) is 53.9 Å². The molecule has 3 aromatic rings. The van der Waals surface area contributed by atoms with E-state index in [1.165, 1.54) is 16.2 Å². The number of alkyl carbamates (subject to hydrolysis) is 1. The molecule has 0 bridgehead atoms. The molecule has 58 heavy (non-hydrogen) atoms. The third kappa shape index (κ3) is 8.03. The Hall–Kier alpha value is -4.65. The third-order valence-electron chi connectivity index (χ3n) is 11.9. The van der Waals surface area contributed by atoms with Crippen molar-refractivity contribution in [2.24, 2.45) is 5.92 Å². The summed E-state index contributed by atoms with van der Waals surface area (Å²) in [5.41, 5.74) is 0.277. The molecule has 0 radical (unpaired) electrons. The number of benzene rings is 1. The first-order valence-electron chi connectivity index (χ1n) is 20.1. The number of hydrogen-bond donors (Lipinski definition) is 3. The van der Waals surface area contributed by atoms with E-state index in [2.05, 4.69) is 15.4 Å². The molecule has 6 aliphatic rings. The average Bonchev–Trinajstić information content (AvgIpc) is 3.86. The van der Waals surface area contributed by atoms with Crippen LogP contribution in [0.1, 0.15) is 70.6 Å². The number of allylic oxidation sites excluding steroid dienone is 1. The van der Waals surface area contributed by atoms with Crippen LogP contribution in [0, 0.1) is 5.92 Å². The van der Waals surface area contributed by atoms with E-state index in [0.717, 1.165) is 17.7 Å². The molecule has 2 aromatic heterocycles. The number of carbonyl (C=O) groups excluding carboxylic acids is 4. The largest absolute Gasteiger partial charge is 0.471 e. The van der Waals surface area contributed by atoms with Crippen LogP contribution < -0.4 is 20.1 Å². The summed E-state index contributed by atoms with van der Waals surface area (Å²) in [6, 6.07) is 9.04. The number of fused-ring (bicyclic) bond motifs is 4. The minimum Gasteiger partial charge on any atom is -0.471 e. The summed E-state index contributed by atoms with van der Waals surface area (Å²) in [6.07, 6.45) is 6.83. The summed E-state index contributed by atoms with van der Waals surface area (Å²) >= 11 is 1.47. The van der Waals surface area contributed by atoms with Crippen molar-refractivity contribution in [2.45, 2.75) is 118 Å². The quantitative estimate of drug-likeness (QED) is 0.278. The van der Waals surface area contributed by atoms with Gasteiger partial charge in [-0.25, -0.2) is 23.2 Å². The second kappa shape index (κ2) is 15.8. The van der Waals surface area contributed by atoms with E-state index in [9.17, 15) is 27.6 Å². The Bertz CT molecular complexity index is 2210. The number of aromatic nitrogens is 2. The molecule has 5 heterocycles. The molecule has 9 rings (SSSR count). The lowest BCUT2D eigenvalue weighted by atomic mass is 10.0. The maximum atomic E-state index is 14.7. The highest BCUT2D eigenvalue weighted by Crippen LogP contribution is 2.46. The summed E-state index contributed by atoms with van der Waals surface area (Å²) in [5.74, 6) is -2.13. The van der Waals surface area contributed by atoms with Gasteiger partial charge in [0.25, 0.3) is 5.91 Å². The first kappa shape index (κ1) is 38.8. The van der Waals surface area contributed by atoms with Gasteiger partial charge in [0.2, 0.25) is 27.7 Å². The molecule has 5 fully saturated rings. The standard InChI is InChI=1S/C40H46N6O10S2/c47-35-30-17-25(55-36-34(33-13-8-16-57-33)41-27-10-6-7-11-28(27)42-36)21-46(30)37(48)29(43-39(50)56-24-18-31-32(19-24)54-22-53-31)12-5-3-1-2-4-9-23-20-40(23,44-35)38(49)45-58(51,52)26-14-15-26/h4,6-11,13,16,23-26,29-32H,1-3,5,12,14-15,17-22H2,(H,43,50)(H,44,47)(H,45,49)/b9-4-/t23-,24?,25-,29+,30+,31?,32?,40-/m1/s1.